The number of aromatic nitrogens is 2. The molecule has 2 atom stereocenters. The summed E-state index contributed by atoms with van der Waals surface area (Å²) in [4.78, 5) is 28.1. The maximum Gasteiger partial charge on any atom is 0.225 e. The number of rotatable bonds is 4. The summed E-state index contributed by atoms with van der Waals surface area (Å²) in [5, 5.41) is 5.69. The van der Waals surface area contributed by atoms with Gasteiger partial charge in [0.1, 0.15) is 17.7 Å². The Morgan fingerprint density at radius 3 is 2.75 bits per heavy atom. The molecule has 126 valence electrons. The Labute approximate surface area is 139 Å². The number of piperidine rings is 1. The number of hydrogen-bond acceptors (Lipinski definition) is 3. The molecule has 0 spiro atoms. The van der Waals surface area contributed by atoms with E-state index in [1.54, 1.807) is 24.5 Å². The number of imidazole rings is 1. The number of benzene rings is 1. The van der Waals surface area contributed by atoms with E-state index < -0.39 is 6.04 Å². The first-order valence-electron chi connectivity index (χ1n) is 7.84. The van der Waals surface area contributed by atoms with Crippen molar-refractivity contribution >= 4 is 11.8 Å². The predicted octanol–water partition coefficient (Wildman–Crippen LogP) is 1.29. The summed E-state index contributed by atoms with van der Waals surface area (Å²) in [7, 11) is 1.84. The van der Waals surface area contributed by atoms with E-state index in [2.05, 4.69) is 15.6 Å². The molecule has 6 nitrogen and oxygen atoms in total. The van der Waals surface area contributed by atoms with Crippen molar-refractivity contribution in [2.24, 2.45) is 13.0 Å². The SMILES string of the molecule is Cn1ccnc1C(NC(=O)C1CCC(=O)NC1)c1ccc(F)cc1. The largest absolute Gasteiger partial charge is 0.355 e. The normalized spacial score (nSPS) is 18.8. The van der Waals surface area contributed by atoms with Crippen LogP contribution in [0.2, 0.25) is 0 Å². The van der Waals surface area contributed by atoms with Gasteiger partial charge in [-0.1, -0.05) is 12.1 Å². The number of carbonyl (C=O) groups is 2. The fraction of sp³-hybridized carbons (Fsp3) is 0.353. The Morgan fingerprint density at radius 1 is 1.42 bits per heavy atom. The van der Waals surface area contributed by atoms with E-state index in [0.717, 1.165) is 5.56 Å². The van der Waals surface area contributed by atoms with Crippen molar-refractivity contribution in [3.05, 3.63) is 53.9 Å². The van der Waals surface area contributed by atoms with Crippen molar-refractivity contribution in [1.82, 2.24) is 20.2 Å². The molecule has 0 radical (unpaired) electrons. The summed E-state index contributed by atoms with van der Waals surface area (Å²) >= 11 is 0. The third-order valence-electron chi connectivity index (χ3n) is 4.24. The maximum absolute atomic E-state index is 13.2. The monoisotopic (exact) mass is 330 g/mol. The average Bonchev–Trinajstić information content (AvgIpc) is 3.00. The second-order valence-corrected chi connectivity index (χ2v) is 5.93. The molecule has 1 fully saturated rings. The molecule has 0 bridgehead atoms. The van der Waals surface area contributed by atoms with E-state index in [1.807, 2.05) is 11.6 Å². The Hall–Kier alpha value is -2.70. The summed E-state index contributed by atoms with van der Waals surface area (Å²) in [5.74, 6) is -0.120. The van der Waals surface area contributed by atoms with Crippen LogP contribution in [0, 0.1) is 11.7 Å². The van der Waals surface area contributed by atoms with Crippen molar-refractivity contribution < 1.29 is 14.0 Å². The van der Waals surface area contributed by atoms with Crippen LogP contribution in [-0.4, -0.2) is 27.9 Å². The van der Waals surface area contributed by atoms with Crippen LogP contribution < -0.4 is 10.6 Å². The van der Waals surface area contributed by atoms with Crippen molar-refractivity contribution in [3.8, 4) is 0 Å². The zero-order chi connectivity index (χ0) is 17.1. The van der Waals surface area contributed by atoms with Crippen LogP contribution in [0.3, 0.4) is 0 Å². The van der Waals surface area contributed by atoms with E-state index in [-0.39, 0.29) is 23.5 Å². The number of halogens is 1. The van der Waals surface area contributed by atoms with Crippen molar-refractivity contribution in [2.75, 3.05) is 6.54 Å². The second kappa shape index (κ2) is 6.82. The van der Waals surface area contributed by atoms with Crippen molar-refractivity contribution in [3.63, 3.8) is 0 Å². The first-order chi connectivity index (χ1) is 11.5. The smallest absolute Gasteiger partial charge is 0.225 e. The summed E-state index contributed by atoms with van der Waals surface area (Å²) in [6.45, 7) is 0.335. The number of hydrogen-bond donors (Lipinski definition) is 2. The molecule has 1 aliphatic rings. The quantitative estimate of drug-likeness (QED) is 0.887. The third-order valence-corrected chi connectivity index (χ3v) is 4.24. The van der Waals surface area contributed by atoms with Crippen LogP contribution in [0.4, 0.5) is 4.39 Å². The molecule has 2 amide bonds. The van der Waals surface area contributed by atoms with Crippen LogP contribution in [-0.2, 0) is 16.6 Å². The standard InChI is InChI=1S/C17H19FN4O2/c1-22-9-8-19-16(22)15(11-2-5-13(18)6-3-11)21-17(24)12-4-7-14(23)20-10-12/h2-3,5-6,8-9,12,15H,4,7,10H2,1H3,(H,20,23)(H,21,24). The molecule has 1 aromatic carbocycles. The second-order valence-electron chi connectivity index (χ2n) is 5.93. The van der Waals surface area contributed by atoms with E-state index in [9.17, 15) is 14.0 Å². The Bertz CT molecular complexity index is 731. The number of carbonyl (C=O) groups excluding carboxylic acids is 2. The fourth-order valence-electron chi connectivity index (χ4n) is 2.82. The van der Waals surface area contributed by atoms with Gasteiger partial charge in [-0.25, -0.2) is 9.37 Å². The van der Waals surface area contributed by atoms with Gasteiger partial charge < -0.3 is 15.2 Å². The van der Waals surface area contributed by atoms with E-state index in [1.165, 1.54) is 12.1 Å². The maximum atomic E-state index is 13.2. The first-order valence-corrected chi connectivity index (χ1v) is 7.84. The topological polar surface area (TPSA) is 76.0 Å². The Kier molecular flexibility index (Phi) is 4.59. The number of nitrogens with zero attached hydrogens (tertiary/aromatic N) is 2. The molecule has 2 unspecified atom stereocenters. The van der Waals surface area contributed by atoms with Gasteiger partial charge in [0.05, 0.1) is 5.92 Å². The Balaban J connectivity index is 1.82. The molecular formula is C17H19FN4O2. The summed E-state index contributed by atoms with van der Waals surface area (Å²) in [6.07, 6.45) is 4.31. The van der Waals surface area contributed by atoms with Gasteiger partial charge in [0, 0.05) is 32.4 Å². The van der Waals surface area contributed by atoms with Gasteiger partial charge in [-0.3, -0.25) is 9.59 Å². The highest BCUT2D eigenvalue weighted by atomic mass is 19.1. The molecule has 24 heavy (non-hydrogen) atoms. The highest BCUT2D eigenvalue weighted by Crippen LogP contribution is 2.22. The van der Waals surface area contributed by atoms with Crippen LogP contribution >= 0.6 is 0 Å². The number of amides is 2. The van der Waals surface area contributed by atoms with Gasteiger partial charge in [0.2, 0.25) is 11.8 Å². The molecular weight excluding hydrogens is 311 g/mol. The Morgan fingerprint density at radius 2 is 2.17 bits per heavy atom. The molecule has 3 rings (SSSR count). The molecule has 1 aliphatic heterocycles. The first kappa shape index (κ1) is 16.2. The molecule has 2 aromatic rings. The highest BCUT2D eigenvalue weighted by molar-refractivity contribution is 5.84. The minimum Gasteiger partial charge on any atom is -0.355 e. The lowest BCUT2D eigenvalue weighted by Gasteiger charge is -2.25. The van der Waals surface area contributed by atoms with Gasteiger partial charge in [0.15, 0.2) is 0 Å². The van der Waals surface area contributed by atoms with E-state index in [4.69, 9.17) is 0 Å². The van der Waals surface area contributed by atoms with Gasteiger partial charge in [-0.05, 0) is 24.1 Å². The van der Waals surface area contributed by atoms with Gasteiger partial charge in [-0.15, -0.1) is 0 Å². The molecule has 2 N–H and O–H groups in total. The molecule has 1 aromatic heterocycles. The zero-order valence-electron chi connectivity index (χ0n) is 13.3. The number of aryl methyl sites for hydroxylation is 1. The van der Waals surface area contributed by atoms with Gasteiger partial charge >= 0.3 is 0 Å². The van der Waals surface area contributed by atoms with Gasteiger partial charge in [0.25, 0.3) is 0 Å². The van der Waals surface area contributed by atoms with Crippen molar-refractivity contribution in [1.29, 1.82) is 0 Å². The minimum absolute atomic E-state index is 0.0294. The zero-order valence-corrected chi connectivity index (χ0v) is 13.3. The summed E-state index contributed by atoms with van der Waals surface area (Å²) in [6, 6.07) is 5.52. The van der Waals surface area contributed by atoms with Crippen LogP contribution in [0.15, 0.2) is 36.7 Å². The molecule has 0 saturated carbocycles. The van der Waals surface area contributed by atoms with Crippen LogP contribution in [0.5, 0.6) is 0 Å². The van der Waals surface area contributed by atoms with E-state index >= 15 is 0 Å². The molecule has 0 aliphatic carbocycles. The lowest BCUT2D eigenvalue weighted by Crippen LogP contribution is -2.44. The van der Waals surface area contributed by atoms with Crippen molar-refractivity contribution in [2.45, 2.75) is 18.9 Å². The summed E-state index contributed by atoms with van der Waals surface area (Å²) < 4.78 is 15.0. The molecule has 1 saturated heterocycles. The summed E-state index contributed by atoms with van der Waals surface area (Å²) in [5.41, 5.74) is 0.749. The lowest BCUT2D eigenvalue weighted by atomic mass is 9.97. The van der Waals surface area contributed by atoms with Crippen LogP contribution in [0.25, 0.3) is 0 Å². The average molecular weight is 330 g/mol. The van der Waals surface area contributed by atoms with Crippen LogP contribution in [0.1, 0.15) is 30.3 Å². The molecule has 7 heteroatoms. The van der Waals surface area contributed by atoms with Gasteiger partial charge in [-0.2, -0.15) is 0 Å². The third kappa shape index (κ3) is 3.45. The number of nitrogens with one attached hydrogen (secondary N) is 2. The predicted molar refractivity (Wildman–Crippen MR) is 85.3 cm³/mol. The highest BCUT2D eigenvalue weighted by Gasteiger charge is 2.28. The lowest BCUT2D eigenvalue weighted by molar-refractivity contribution is -0.129. The van der Waals surface area contributed by atoms with E-state index in [0.29, 0.717) is 25.2 Å². The minimum atomic E-state index is -0.476. The molecule has 2 heterocycles. The fourth-order valence-corrected chi connectivity index (χ4v) is 2.82.